The van der Waals surface area contributed by atoms with E-state index in [2.05, 4.69) is 16.5 Å². The summed E-state index contributed by atoms with van der Waals surface area (Å²) in [5.74, 6) is 0.743. The van der Waals surface area contributed by atoms with Gasteiger partial charge in [0.2, 0.25) is 0 Å². The second-order valence-corrected chi connectivity index (χ2v) is 2.93. The van der Waals surface area contributed by atoms with Crippen LogP contribution in [-0.2, 0) is 0 Å². The number of hydrogen-bond acceptors (Lipinski definition) is 4. The zero-order chi connectivity index (χ0) is 8.81. The molecule has 12 heavy (non-hydrogen) atoms. The van der Waals surface area contributed by atoms with Gasteiger partial charge in [-0.15, -0.1) is 6.58 Å². The molecule has 3 nitrogen and oxygen atoms in total. The SMILES string of the molecule is C=CCSc1nccnc1C#N. The molecule has 1 rings (SSSR count). The van der Waals surface area contributed by atoms with Crippen molar-refractivity contribution in [1.82, 2.24) is 9.97 Å². The van der Waals surface area contributed by atoms with E-state index in [0.29, 0.717) is 10.7 Å². The Balaban J connectivity index is 2.83. The lowest BCUT2D eigenvalue weighted by Gasteiger charge is -1.96. The first-order chi connectivity index (χ1) is 5.88. The number of hydrogen-bond donors (Lipinski definition) is 0. The molecule has 0 amide bonds. The van der Waals surface area contributed by atoms with Crippen molar-refractivity contribution in [2.24, 2.45) is 0 Å². The molecule has 0 bridgehead atoms. The van der Waals surface area contributed by atoms with E-state index in [4.69, 9.17) is 5.26 Å². The summed E-state index contributed by atoms with van der Waals surface area (Å²) >= 11 is 1.46. The lowest BCUT2D eigenvalue weighted by molar-refractivity contribution is 1.03. The van der Waals surface area contributed by atoms with Crippen molar-refractivity contribution in [3.05, 3.63) is 30.7 Å². The molecule has 0 spiro atoms. The molecule has 0 fully saturated rings. The third-order valence-corrected chi connectivity index (χ3v) is 2.08. The number of aromatic nitrogens is 2. The van der Waals surface area contributed by atoms with Crippen molar-refractivity contribution in [2.75, 3.05) is 5.75 Å². The molecule has 0 saturated heterocycles. The molecular formula is C8H7N3S. The van der Waals surface area contributed by atoms with Gasteiger partial charge in [-0.1, -0.05) is 17.8 Å². The molecule has 0 saturated carbocycles. The van der Waals surface area contributed by atoms with Crippen LogP contribution in [0.5, 0.6) is 0 Å². The topological polar surface area (TPSA) is 49.6 Å². The summed E-state index contributed by atoms with van der Waals surface area (Å²) < 4.78 is 0. The maximum atomic E-state index is 8.63. The van der Waals surface area contributed by atoms with Crippen LogP contribution >= 0.6 is 11.8 Å². The monoisotopic (exact) mass is 177 g/mol. The summed E-state index contributed by atoms with van der Waals surface area (Å²) in [4.78, 5) is 7.89. The quantitative estimate of drug-likeness (QED) is 0.520. The number of rotatable bonds is 3. The maximum absolute atomic E-state index is 8.63. The molecule has 0 unspecified atom stereocenters. The van der Waals surface area contributed by atoms with Gasteiger partial charge < -0.3 is 0 Å². The lowest BCUT2D eigenvalue weighted by atomic mass is 10.5. The van der Waals surface area contributed by atoms with Crippen molar-refractivity contribution >= 4 is 11.8 Å². The predicted octanol–water partition coefficient (Wildman–Crippen LogP) is 1.63. The van der Waals surface area contributed by atoms with E-state index in [1.807, 2.05) is 6.07 Å². The third-order valence-electron chi connectivity index (χ3n) is 1.11. The molecule has 1 aromatic heterocycles. The molecule has 4 heteroatoms. The molecule has 1 aromatic rings. The molecule has 60 valence electrons. The van der Waals surface area contributed by atoms with Gasteiger partial charge in [0, 0.05) is 18.1 Å². The van der Waals surface area contributed by atoms with Gasteiger partial charge in [0.15, 0.2) is 5.69 Å². The second kappa shape index (κ2) is 4.52. The van der Waals surface area contributed by atoms with Crippen molar-refractivity contribution < 1.29 is 0 Å². The molecular weight excluding hydrogens is 170 g/mol. The number of nitrogens with zero attached hydrogens (tertiary/aromatic N) is 3. The lowest BCUT2D eigenvalue weighted by Crippen LogP contribution is -1.89. The van der Waals surface area contributed by atoms with Crippen LogP contribution < -0.4 is 0 Å². The Morgan fingerprint density at radius 3 is 3.00 bits per heavy atom. The average molecular weight is 177 g/mol. The Labute approximate surface area is 75.2 Å². The van der Waals surface area contributed by atoms with Crippen LogP contribution in [0.3, 0.4) is 0 Å². The van der Waals surface area contributed by atoms with Gasteiger partial charge in [0.1, 0.15) is 11.1 Å². The fourth-order valence-electron chi connectivity index (χ4n) is 0.645. The van der Waals surface area contributed by atoms with Gasteiger partial charge in [-0.25, -0.2) is 9.97 Å². The molecule has 1 heterocycles. The van der Waals surface area contributed by atoms with Gasteiger partial charge in [0.25, 0.3) is 0 Å². The summed E-state index contributed by atoms with van der Waals surface area (Å²) in [6.07, 6.45) is 4.85. The van der Waals surface area contributed by atoms with Crippen LogP contribution in [-0.4, -0.2) is 15.7 Å². The van der Waals surface area contributed by atoms with Crippen LogP contribution in [0.4, 0.5) is 0 Å². The fraction of sp³-hybridized carbons (Fsp3) is 0.125. The molecule has 0 aliphatic carbocycles. The van der Waals surface area contributed by atoms with E-state index in [1.54, 1.807) is 12.3 Å². The van der Waals surface area contributed by atoms with E-state index < -0.39 is 0 Å². The minimum absolute atomic E-state index is 0.379. The van der Waals surface area contributed by atoms with Gasteiger partial charge >= 0.3 is 0 Å². The Bertz CT molecular complexity index is 316. The third kappa shape index (κ3) is 2.07. The molecule has 0 aromatic carbocycles. The van der Waals surface area contributed by atoms with Gasteiger partial charge in [-0.3, -0.25) is 0 Å². The fourth-order valence-corrected chi connectivity index (χ4v) is 1.29. The molecule has 0 radical (unpaired) electrons. The van der Waals surface area contributed by atoms with E-state index in [-0.39, 0.29) is 0 Å². The van der Waals surface area contributed by atoms with Crippen LogP contribution in [0.25, 0.3) is 0 Å². The summed E-state index contributed by atoms with van der Waals surface area (Å²) in [5.41, 5.74) is 0.379. The Hall–Kier alpha value is -1.34. The minimum atomic E-state index is 0.379. The van der Waals surface area contributed by atoms with E-state index in [1.165, 1.54) is 18.0 Å². The highest BCUT2D eigenvalue weighted by molar-refractivity contribution is 7.99. The molecule has 0 atom stereocenters. The first-order valence-corrected chi connectivity index (χ1v) is 4.32. The summed E-state index contributed by atoms with van der Waals surface area (Å²) in [7, 11) is 0. The van der Waals surface area contributed by atoms with Crippen molar-refractivity contribution in [3.63, 3.8) is 0 Å². The zero-order valence-electron chi connectivity index (χ0n) is 6.40. The van der Waals surface area contributed by atoms with Crippen molar-refractivity contribution in [1.29, 1.82) is 5.26 Å². The average Bonchev–Trinajstić information content (AvgIpc) is 2.15. The summed E-state index contributed by atoms with van der Waals surface area (Å²) in [6, 6.07) is 1.98. The minimum Gasteiger partial charge on any atom is -0.245 e. The first kappa shape index (κ1) is 8.75. The molecule has 0 aliphatic heterocycles. The van der Waals surface area contributed by atoms with E-state index in [9.17, 15) is 0 Å². The second-order valence-electron chi connectivity index (χ2n) is 1.92. The highest BCUT2D eigenvalue weighted by Crippen LogP contribution is 2.16. The van der Waals surface area contributed by atoms with Gasteiger partial charge in [-0.05, 0) is 0 Å². The van der Waals surface area contributed by atoms with E-state index in [0.717, 1.165) is 5.75 Å². The van der Waals surface area contributed by atoms with Crippen molar-refractivity contribution in [2.45, 2.75) is 5.03 Å². The van der Waals surface area contributed by atoms with Crippen LogP contribution in [0, 0.1) is 11.3 Å². The molecule has 0 aliphatic rings. The smallest absolute Gasteiger partial charge is 0.172 e. The molecule has 0 N–H and O–H groups in total. The Morgan fingerprint density at radius 2 is 2.33 bits per heavy atom. The number of nitriles is 1. The van der Waals surface area contributed by atoms with Crippen LogP contribution in [0.15, 0.2) is 30.1 Å². The van der Waals surface area contributed by atoms with Gasteiger partial charge in [0.05, 0.1) is 0 Å². The Morgan fingerprint density at radius 1 is 1.58 bits per heavy atom. The highest BCUT2D eigenvalue weighted by atomic mass is 32.2. The normalized spacial score (nSPS) is 8.92. The van der Waals surface area contributed by atoms with Crippen LogP contribution in [0.2, 0.25) is 0 Å². The number of thioether (sulfide) groups is 1. The van der Waals surface area contributed by atoms with E-state index >= 15 is 0 Å². The summed E-state index contributed by atoms with van der Waals surface area (Å²) in [5, 5.41) is 9.29. The van der Waals surface area contributed by atoms with Crippen LogP contribution in [0.1, 0.15) is 5.69 Å². The largest absolute Gasteiger partial charge is 0.245 e. The van der Waals surface area contributed by atoms with Gasteiger partial charge in [-0.2, -0.15) is 5.26 Å². The maximum Gasteiger partial charge on any atom is 0.172 e. The standard InChI is InChI=1S/C8H7N3S/c1-2-5-12-8-7(6-9)10-3-4-11-8/h2-4H,1,5H2. The van der Waals surface area contributed by atoms with Crippen molar-refractivity contribution in [3.8, 4) is 6.07 Å². The zero-order valence-corrected chi connectivity index (χ0v) is 7.21. The predicted molar refractivity (Wildman–Crippen MR) is 47.7 cm³/mol. The Kier molecular flexibility index (Phi) is 3.30. The highest BCUT2D eigenvalue weighted by Gasteiger charge is 2.02. The first-order valence-electron chi connectivity index (χ1n) is 3.33. The summed E-state index contributed by atoms with van der Waals surface area (Å²) in [6.45, 7) is 3.58.